The molecule has 0 N–H and O–H groups in total. The first-order valence-electron chi connectivity index (χ1n) is 4.47. The Morgan fingerprint density at radius 2 is 2.36 bits per heavy atom. The van der Waals surface area contributed by atoms with Gasteiger partial charge in [-0.2, -0.15) is 0 Å². The molecule has 72 valence electrons. The van der Waals surface area contributed by atoms with Gasteiger partial charge in [-0.25, -0.2) is 0 Å². The van der Waals surface area contributed by atoms with Crippen molar-refractivity contribution in [2.75, 3.05) is 6.61 Å². The lowest BCUT2D eigenvalue weighted by molar-refractivity contribution is -0.120. The van der Waals surface area contributed by atoms with E-state index in [9.17, 15) is 4.79 Å². The summed E-state index contributed by atoms with van der Waals surface area (Å²) in [5, 5.41) is 0. The van der Waals surface area contributed by atoms with Crippen molar-refractivity contribution in [1.29, 1.82) is 0 Å². The molecule has 0 aliphatic carbocycles. The zero-order chi connectivity index (χ0) is 10.4. The van der Waals surface area contributed by atoms with Gasteiger partial charge in [0.1, 0.15) is 12.4 Å². The normalized spacial score (nSPS) is 9.14. The van der Waals surface area contributed by atoms with Crippen LogP contribution in [-0.4, -0.2) is 12.4 Å². The number of carbonyl (C=O) groups is 1. The number of Topliss-reactive ketones (excluding diaryl/α,β-unsaturated/α-hetero) is 1. The first-order chi connectivity index (χ1) is 6.76. The fourth-order valence-electron chi connectivity index (χ4n) is 0.942. The minimum absolute atomic E-state index is 0.0797. The summed E-state index contributed by atoms with van der Waals surface area (Å²) in [5.41, 5.74) is 0.756. The van der Waals surface area contributed by atoms with Crippen molar-refractivity contribution in [1.82, 2.24) is 0 Å². The van der Waals surface area contributed by atoms with E-state index in [1.165, 1.54) is 0 Å². The molecule has 0 bridgehead atoms. The summed E-state index contributed by atoms with van der Waals surface area (Å²) in [6, 6.07) is 7.14. The molecule has 0 spiro atoms. The Morgan fingerprint density at radius 1 is 1.57 bits per heavy atom. The van der Waals surface area contributed by atoms with Crippen LogP contribution >= 0.6 is 0 Å². The molecule has 0 saturated carbocycles. The van der Waals surface area contributed by atoms with E-state index >= 15 is 0 Å². The monoisotopic (exact) mass is 188 g/mol. The van der Waals surface area contributed by atoms with E-state index in [0.717, 1.165) is 5.56 Å². The van der Waals surface area contributed by atoms with E-state index < -0.39 is 0 Å². The highest BCUT2D eigenvalue weighted by Crippen LogP contribution is 2.12. The molecule has 2 nitrogen and oxygen atoms in total. The lowest BCUT2D eigenvalue weighted by Gasteiger charge is -2.04. The topological polar surface area (TPSA) is 26.3 Å². The molecule has 0 aliphatic rings. The van der Waals surface area contributed by atoms with Crippen LogP contribution in [0.25, 0.3) is 0 Å². The molecule has 1 aromatic rings. The van der Waals surface area contributed by atoms with Gasteiger partial charge in [-0.05, 0) is 18.2 Å². The first-order valence-corrected chi connectivity index (χ1v) is 4.47. The quantitative estimate of drug-likeness (QED) is 0.676. The van der Waals surface area contributed by atoms with Gasteiger partial charge in [-0.15, -0.1) is 6.42 Å². The molecular weight excluding hydrogens is 176 g/mol. The third-order valence-corrected chi connectivity index (χ3v) is 1.79. The van der Waals surface area contributed by atoms with Gasteiger partial charge in [0, 0.05) is 12.0 Å². The number of ether oxygens (including phenoxy) is 1. The van der Waals surface area contributed by atoms with Crippen LogP contribution in [0, 0.1) is 12.3 Å². The highest BCUT2D eigenvalue weighted by atomic mass is 16.5. The second-order valence-electron chi connectivity index (χ2n) is 2.85. The van der Waals surface area contributed by atoms with Crippen LogP contribution in [0.1, 0.15) is 18.9 Å². The highest BCUT2D eigenvalue weighted by molar-refractivity contribution is 5.79. The summed E-state index contributed by atoms with van der Waals surface area (Å²) < 4.78 is 5.26. The van der Waals surface area contributed by atoms with Gasteiger partial charge in [-0.1, -0.05) is 18.9 Å². The molecule has 0 saturated heterocycles. The van der Waals surface area contributed by atoms with E-state index in [2.05, 4.69) is 5.92 Å². The fraction of sp³-hybridized carbons (Fsp3) is 0.250. The molecule has 0 heterocycles. The van der Waals surface area contributed by atoms with E-state index in [1.807, 2.05) is 13.0 Å². The summed E-state index contributed by atoms with van der Waals surface area (Å²) in [6.45, 7) is 1.92. The minimum Gasteiger partial charge on any atom is -0.486 e. The molecule has 0 atom stereocenters. The minimum atomic E-state index is 0.0797. The Morgan fingerprint density at radius 3 is 3.00 bits per heavy atom. The van der Waals surface area contributed by atoms with E-state index in [0.29, 0.717) is 12.2 Å². The maximum atomic E-state index is 11.0. The Hall–Kier alpha value is -1.75. The van der Waals surface area contributed by atoms with Crippen LogP contribution < -0.4 is 4.74 Å². The SMILES string of the molecule is C#Cc1cccc(OCC(=O)CC)c1. The molecule has 14 heavy (non-hydrogen) atoms. The molecule has 0 aromatic heterocycles. The van der Waals surface area contributed by atoms with E-state index in [-0.39, 0.29) is 12.4 Å². The number of rotatable bonds is 4. The largest absolute Gasteiger partial charge is 0.486 e. The van der Waals surface area contributed by atoms with Crippen molar-refractivity contribution in [2.24, 2.45) is 0 Å². The van der Waals surface area contributed by atoms with Gasteiger partial charge in [-0.3, -0.25) is 4.79 Å². The van der Waals surface area contributed by atoms with Gasteiger partial charge in [0.2, 0.25) is 0 Å². The van der Waals surface area contributed by atoms with Gasteiger partial charge in [0.15, 0.2) is 5.78 Å². The van der Waals surface area contributed by atoms with Crippen LogP contribution in [0.4, 0.5) is 0 Å². The Labute approximate surface area is 83.9 Å². The number of benzene rings is 1. The number of carbonyl (C=O) groups excluding carboxylic acids is 1. The van der Waals surface area contributed by atoms with Crippen molar-refractivity contribution in [3.63, 3.8) is 0 Å². The maximum Gasteiger partial charge on any atom is 0.169 e. The molecular formula is C12H12O2. The molecule has 0 radical (unpaired) electrons. The van der Waals surface area contributed by atoms with Gasteiger partial charge >= 0.3 is 0 Å². The van der Waals surface area contributed by atoms with Crippen molar-refractivity contribution in [3.8, 4) is 18.1 Å². The Bertz CT molecular complexity index is 361. The molecule has 2 heteroatoms. The predicted molar refractivity (Wildman–Crippen MR) is 55.2 cm³/mol. The van der Waals surface area contributed by atoms with Crippen molar-refractivity contribution >= 4 is 5.78 Å². The lowest BCUT2D eigenvalue weighted by Crippen LogP contribution is -2.09. The van der Waals surface area contributed by atoms with Crippen LogP contribution in [0.3, 0.4) is 0 Å². The summed E-state index contributed by atoms with van der Waals surface area (Å²) in [4.78, 5) is 11.0. The van der Waals surface area contributed by atoms with Crippen LogP contribution in [0.2, 0.25) is 0 Å². The van der Waals surface area contributed by atoms with Crippen molar-refractivity contribution in [2.45, 2.75) is 13.3 Å². The van der Waals surface area contributed by atoms with Crippen LogP contribution in [0.15, 0.2) is 24.3 Å². The predicted octanol–water partition coefficient (Wildman–Crippen LogP) is 2.03. The lowest BCUT2D eigenvalue weighted by atomic mass is 10.2. The van der Waals surface area contributed by atoms with E-state index in [1.54, 1.807) is 18.2 Å². The zero-order valence-electron chi connectivity index (χ0n) is 8.12. The zero-order valence-corrected chi connectivity index (χ0v) is 8.12. The first kappa shape index (κ1) is 10.3. The molecule has 0 amide bonds. The van der Waals surface area contributed by atoms with Crippen LogP contribution in [-0.2, 0) is 4.79 Å². The molecule has 0 fully saturated rings. The summed E-state index contributed by atoms with van der Waals surface area (Å²) >= 11 is 0. The number of hydrogen-bond acceptors (Lipinski definition) is 2. The van der Waals surface area contributed by atoms with Crippen molar-refractivity contribution in [3.05, 3.63) is 29.8 Å². The fourth-order valence-corrected chi connectivity index (χ4v) is 0.942. The number of hydrogen-bond donors (Lipinski definition) is 0. The standard InChI is InChI=1S/C12H12O2/c1-3-10-6-5-7-12(8-10)14-9-11(13)4-2/h1,5-8H,4,9H2,2H3. The molecule has 0 aliphatic heterocycles. The summed E-state index contributed by atoms with van der Waals surface area (Å²) in [5.74, 6) is 3.22. The van der Waals surface area contributed by atoms with Crippen molar-refractivity contribution < 1.29 is 9.53 Å². The number of terminal acetylenes is 1. The second kappa shape index (κ2) is 5.08. The van der Waals surface area contributed by atoms with E-state index in [4.69, 9.17) is 11.2 Å². The van der Waals surface area contributed by atoms with Gasteiger partial charge in [0.25, 0.3) is 0 Å². The van der Waals surface area contributed by atoms with Gasteiger partial charge < -0.3 is 4.74 Å². The average Bonchev–Trinajstić information content (AvgIpc) is 2.26. The molecule has 1 aromatic carbocycles. The smallest absolute Gasteiger partial charge is 0.169 e. The van der Waals surface area contributed by atoms with Gasteiger partial charge in [0.05, 0.1) is 0 Å². The summed E-state index contributed by atoms with van der Waals surface area (Å²) in [7, 11) is 0. The third-order valence-electron chi connectivity index (χ3n) is 1.79. The Kier molecular flexibility index (Phi) is 3.75. The van der Waals surface area contributed by atoms with Crippen LogP contribution in [0.5, 0.6) is 5.75 Å². The average molecular weight is 188 g/mol. The summed E-state index contributed by atoms with van der Waals surface area (Å²) in [6.07, 6.45) is 5.72. The highest BCUT2D eigenvalue weighted by Gasteiger charge is 1.99. The third kappa shape index (κ3) is 2.95. The molecule has 1 rings (SSSR count). The Balaban J connectivity index is 2.60. The molecule has 0 unspecified atom stereocenters. The second-order valence-corrected chi connectivity index (χ2v) is 2.85. The number of ketones is 1. The maximum absolute atomic E-state index is 11.0.